The fraction of sp³-hybridized carbons (Fsp3) is 0.500. The number of rotatable bonds is 9. The fourth-order valence-electron chi connectivity index (χ4n) is 2.86. The first-order valence-corrected chi connectivity index (χ1v) is 9.24. The average Bonchev–Trinajstić information content (AvgIpc) is 3.47. The molecule has 0 aliphatic heterocycles. The molecule has 5 nitrogen and oxygen atoms in total. The van der Waals surface area contributed by atoms with Crippen molar-refractivity contribution in [2.24, 2.45) is 5.92 Å². The topological polar surface area (TPSA) is 54.5 Å². The summed E-state index contributed by atoms with van der Waals surface area (Å²) in [7, 11) is 0. The number of hydrogen-bond acceptors (Lipinski definition) is 4. The van der Waals surface area contributed by atoms with Crippen molar-refractivity contribution < 1.29 is 9.53 Å². The molecule has 0 radical (unpaired) electrons. The van der Waals surface area contributed by atoms with Gasteiger partial charge in [-0.1, -0.05) is 32.0 Å². The Labute approximate surface area is 149 Å². The summed E-state index contributed by atoms with van der Waals surface area (Å²) in [6.07, 6.45) is 2.46. The molecule has 1 saturated carbocycles. The standard InChI is InChI=1S/C20H27N3O2/c1-3-23(4-2)12-11-21-20(24)17-13-19(25-14-15-9-10-15)22-18-8-6-5-7-16(17)18/h5-8,13,15H,3-4,9-12,14H2,1-2H3,(H,21,24). The second kappa shape index (κ2) is 8.30. The molecule has 1 amide bonds. The fourth-order valence-corrected chi connectivity index (χ4v) is 2.86. The van der Waals surface area contributed by atoms with Gasteiger partial charge >= 0.3 is 0 Å². The van der Waals surface area contributed by atoms with Crippen molar-refractivity contribution in [3.8, 4) is 5.88 Å². The summed E-state index contributed by atoms with van der Waals surface area (Å²) in [5.41, 5.74) is 1.43. The van der Waals surface area contributed by atoms with Crippen LogP contribution < -0.4 is 10.1 Å². The monoisotopic (exact) mass is 341 g/mol. The second-order valence-electron chi connectivity index (χ2n) is 6.56. The summed E-state index contributed by atoms with van der Waals surface area (Å²) < 4.78 is 5.81. The Morgan fingerprint density at radius 1 is 1.28 bits per heavy atom. The summed E-state index contributed by atoms with van der Waals surface area (Å²) in [5, 5.41) is 3.89. The molecule has 5 heteroatoms. The minimum Gasteiger partial charge on any atom is -0.477 e. The minimum absolute atomic E-state index is 0.0676. The first kappa shape index (κ1) is 17.7. The van der Waals surface area contributed by atoms with Crippen LogP contribution in [-0.4, -0.2) is 48.6 Å². The summed E-state index contributed by atoms with van der Waals surface area (Å²) >= 11 is 0. The number of hydrogen-bond donors (Lipinski definition) is 1. The Balaban J connectivity index is 1.74. The molecule has 0 unspecified atom stereocenters. The van der Waals surface area contributed by atoms with Crippen LogP contribution in [0.3, 0.4) is 0 Å². The van der Waals surface area contributed by atoms with Crippen LogP contribution >= 0.6 is 0 Å². The first-order valence-electron chi connectivity index (χ1n) is 9.24. The van der Waals surface area contributed by atoms with Crippen molar-refractivity contribution in [3.05, 3.63) is 35.9 Å². The van der Waals surface area contributed by atoms with Crippen LogP contribution in [0.2, 0.25) is 0 Å². The SMILES string of the molecule is CCN(CC)CCNC(=O)c1cc(OCC2CC2)nc2ccccc12. The van der Waals surface area contributed by atoms with Gasteiger partial charge in [0, 0.05) is 24.5 Å². The molecule has 0 bridgehead atoms. The maximum absolute atomic E-state index is 12.7. The van der Waals surface area contributed by atoms with E-state index in [1.807, 2.05) is 24.3 Å². The second-order valence-corrected chi connectivity index (χ2v) is 6.56. The highest BCUT2D eigenvalue weighted by atomic mass is 16.5. The highest BCUT2D eigenvalue weighted by molar-refractivity contribution is 6.06. The van der Waals surface area contributed by atoms with Gasteiger partial charge in [0.15, 0.2) is 0 Å². The van der Waals surface area contributed by atoms with Gasteiger partial charge in [0.2, 0.25) is 5.88 Å². The lowest BCUT2D eigenvalue weighted by atomic mass is 10.1. The minimum atomic E-state index is -0.0676. The van der Waals surface area contributed by atoms with Gasteiger partial charge in [-0.05, 0) is 37.9 Å². The number of para-hydroxylation sites is 1. The Hall–Kier alpha value is -2.14. The molecular formula is C20H27N3O2. The number of benzene rings is 1. The molecule has 25 heavy (non-hydrogen) atoms. The van der Waals surface area contributed by atoms with E-state index in [0.29, 0.717) is 30.5 Å². The first-order chi connectivity index (χ1) is 12.2. The summed E-state index contributed by atoms with van der Waals surface area (Å²) in [6.45, 7) is 8.42. The lowest BCUT2D eigenvalue weighted by molar-refractivity contribution is 0.0950. The van der Waals surface area contributed by atoms with Gasteiger partial charge in [-0.15, -0.1) is 0 Å². The molecule has 1 heterocycles. The van der Waals surface area contributed by atoms with E-state index in [4.69, 9.17) is 4.74 Å². The molecule has 0 spiro atoms. The average molecular weight is 341 g/mol. The maximum Gasteiger partial charge on any atom is 0.252 e. The molecule has 0 atom stereocenters. The number of carbonyl (C=O) groups excluding carboxylic acids is 1. The number of fused-ring (bicyclic) bond motifs is 1. The molecule has 134 valence electrons. The number of nitrogens with zero attached hydrogens (tertiary/aromatic N) is 2. The van der Waals surface area contributed by atoms with Gasteiger partial charge in [-0.25, -0.2) is 4.98 Å². The van der Waals surface area contributed by atoms with Crippen LogP contribution in [0.5, 0.6) is 5.88 Å². The van der Waals surface area contributed by atoms with Crippen LogP contribution in [-0.2, 0) is 0 Å². The number of ether oxygens (including phenoxy) is 1. The number of amides is 1. The van der Waals surface area contributed by atoms with E-state index in [0.717, 1.165) is 30.5 Å². The molecule has 3 rings (SSSR count). The molecule has 0 saturated heterocycles. The summed E-state index contributed by atoms with van der Waals surface area (Å²) in [4.78, 5) is 19.5. The number of likely N-dealkylation sites (N-methyl/N-ethyl adjacent to an activating group) is 1. The zero-order chi connectivity index (χ0) is 17.6. The Morgan fingerprint density at radius 3 is 2.76 bits per heavy atom. The predicted octanol–water partition coefficient (Wildman–Crippen LogP) is 3.10. The van der Waals surface area contributed by atoms with Crippen molar-refractivity contribution in [2.45, 2.75) is 26.7 Å². The van der Waals surface area contributed by atoms with Crippen molar-refractivity contribution in [2.75, 3.05) is 32.8 Å². The van der Waals surface area contributed by atoms with E-state index < -0.39 is 0 Å². The molecule has 1 aromatic heterocycles. The number of pyridine rings is 1. The molecular weight excluding hydrogens is 314 g/mol. The number of carbonyl (C=O) groups is 1. The van der Waals surface area contributed by atoms with E-state index in [1.54, 1.807) is 6.07 Å². The molecule has 1 aromatic carbocycles. The normalized spacial score (nSPS) is 14.0. The lowest BCUT2D eigenvalue weighted by Crippen LogP contribution is -2.34. The van der Waals surface area contributed by atoms with E-state index in [-0.39, 0.29) is 5.91 Å². The molecule has 1 aliphatic carbocycles. The zero-order valence-electron chi connectivity index (χ0n) is 15.1. The molecule has 1 aliphatic rings. The Kier molecular flexibility index (Phi) is 5.87. The van der Waals surface area contributed by atoms with Gasteiger partial charge in [0.25, 0.3) is 5.91 Å². The van der Waals surface area contributed by atoms with Crippen molar-refractivity contribution in [1.29, 1.82) is 0 Å². The van der Waals surface area contributed by atoms with Crippen molar-refractivity contribution >= 4 is 16.8 Å². The van der Waals surface area contributed by atoms with Crippen LogP contribution in [0.1, 0.15) is 37.0 Å². The van der Waals surface area contributed by atoms with Crippen LogP contribution in [0.4, 0.5) is 0 Å². The Morgan fingerprint density at radius 2 is 2.04 bits per heavy atom. The summed E-state index contributed by atoms with van der Waals surface area (Å²) in [6, 6.07) is 9.50. The van der Waals surface area contributed by atoms with Crippen LogP contribution in [0, 0.1) is 5.92 Å². The third-order valence-corrected chi connectivity index (χ3v) is 4.71. The van der Waals surface area contributed by atoms with Crippen molar-refractivity contribution in [3.63, 3.8) is 0 Å². The maximum atomic E-state index is 12.7. The van der Waals surface area contributed by atoms with Gasteiger partial charge in [0.1, 0.15) is 0 Å². The largest absolute Gasteiger partial charge is 0.477 e. The van der Waals surface area contributed by atoms with E-state index in [1.165, 1.54) is 12.8 Å². The van der Waals surface area contributed by atoms with Gasteiger partial charge < -0.3 is 15.0 Å². The summed E-state index contributed by atoms with van der Waals surface area (Å²) in [5.74, 6) is 1.13. The highest BCUT2D eigenvalue weighted by Crippen LogP contribution is 2.30. The number of aromatic nitrogens is 1. The zero-order valence-corrected chi connectivity index (χ0v) is 15.1. The molecule has 2 aromatic rings. The lowest BCUT2D eigenvalue weighted by Gasteiger charge is -2.18. The van der Waals surface area contributed by atoms with Crippen molar-refractivity contribution in [1.82, 2.24) is 15.2 Å². The smallest absolute Gasteiger partial charge is 0.252 e. The van der Waals surface area contributed by atoms with Crippen LogP contribution in [0.15, 0.2) is 30.3 Å². The molecule has 1 N–H and O–H groups in total. The van der Waals surface area contributed by atoms with Gasteiger partial charge in [-0.2, -0.15) is 0 Å². The van der Waals surface area contributed by atoms with E-state index in [2.05, 4.69) is 29.0 Å². The van der Waals surface area contributed by atoms with E-state index in [9.17, 15) is 4.79 Å². The van der Waals surface area contributed by atoms with Gasteiger partial charge in [0.05, 0.1) is 17.7 Å². The molecule has 1 fully saturated rings. The third kappa shape index (κ3) is 4.69. The van der Waals surface area contributed by atoms with E-state index >= 15 is 0 Å². The quantitative estimate of drug-likeness (QED) is 0.761. The third-order valence-electron chi connectivity index (χ3n) is 4.71. The van der Waals surface area contributed by atoms with Crippen LogP contribution in [0.25, 0.3) is 10.9 Å². The highest BCUT2D eigenvalue weighted by Gasteiger charge is 2.22. The number of nitrogens with one attached hydrogen (secondary N) is 1. The van der Waals surface area contributed by atoms with Gasteiger partial charge in [-0.3, -0.25) is 4.79 Å². The Bertz CT molecular complexity index is 724. The predicted molar refractivity (Wildman–Crippen MR) is 100 cm³/mol.